The maximum atomic E-state index is 12.9. The Labute approximate surface area is 165 Å². The zero-order valence-corrected chi connectivity index (χ0v) is 16.2. The fourth-order valence-corrected chi connectivity index (χ4v) is 4.15. The average molecular weight is 396 g/mol. The summed E-state index contributed by atoms with van der Waals surface area (Å²) < 4.78 is 5.97. The lowest BCUT2D eigenvalue weighted by Crippen LogP contribution is -2.50. The third-order valence-electron chi connectivity index (χ3n) is 5.40. The van der Waals surface area contributed by atoms with Gasteiger partial charge in [-0.3, -0.25) is 4.79 Å². The first-order valence-corrected chi connectivity index (χ1v) is 10.2. The second-order valence-corrected chi connectivity index (χ2v) is 8.17. The molecule has 0 saturated heterocycles. The number of nitrogens with one attached hydrogen (secondary N) is 1. The van der Waals surface area contributed by atoms with Crippen molar-refractivity contribution in [1.29, 1.82) is 0 Å². The van der Waals surface area contributed by atoms with Gasteiger partial charge in [-0.1, -0.05) is 6.07 Å². The number of carbonyl (C=O) groups is 1. The third kappa shape index (κ3) is 3.35. The number of benzene rings is 1. The first-order chi connectivity index (χ1) is 13.7. The summed E-state index contributed by atoms with van der Waals surface area (Å²) >= 11 is 1.44. The maximum absolute atomic E-state index is 12.9. The Hall–Kier alpha value is -2.88. The highest BCUT2D eigenvalue weighted by Crippen LogP contribution is 2.39. The van der Waals surface area contributed by atoms with Crippen LogP contribution in [0.4, 0.5) is 5.13 Å². The van der Waals surface area contributed by atoms with Crippen molar-refractivity contribution in [3.63, 3.8) is 0 Å². The lowest BCUT2D eigenvalue weighted by atomic mass is 9.85. The van der Waals surface area contributed by atoms with E-state index in [9.17, 15) is 4.79 Å². The first kappa shape index (κ1) is 17.2. The highest BCUT2D eigenvalue weighted by Gasteiger charge is 2.35. The Balaban J connectivity index is 1.18. The Bertz CT molecular complexity index is 977. The molecular formula is C18H20N8OS. The van der Waals surface area contributed by atoms with Gasteiger partial charge in [0.2, 0.25) is 5.13 Å². The summed E-state index contributed by atoms with van der Waals surface area (Å²) in [5.41, 5.74) is 1.39. The molecule has 0 atom stereocenters. The third-order valence-corrected chi connectivity index (χ3v) is 6.06. The molecule has 2 aromatic heterocycles. The van der Waals surface area contributed by atoms with Gasteiger partial charge in [0.25, 0.3) is 5.91 Å². The average Bonchev–Trinajstić information content (AvgIpc) is 3.19. The van der Waals surface area contributed by atoms with Gasteiger partial charge in [0.15, 0.2) is 0 Å². The Morgan fingerprint density at radius 3 is 2.93 bits per heavy atom. The van der Waals surface area contributed by atoms with Crippen LogP contribution in [0.5, 0.6) is 0 Å². The number of hydrogen-bond acceptors (Lipinski definition) is 8. The molecule has 0 aliphatic heterocycles. The highest BCUT2D eigenvalue weighted by atomic mass is 32.1. The van der Waals surface area contributed by atoms with E-state index < -0.39 is 0 Å². The van der Waals surface area contributed by atoms with Crippen LogP contribution in [0.25, 0.3) is 5.69 Å². The summed E-state index contributed by atoms with van der Waals surface area (Å²) in [6.45, 7) is 0. The van der Waals surface area contributed by atoms with E-state index in [0.29, 0.717) is 17.5 Å². The molecule has 2 aliphatic carbocycles. The number of rotatable bonds is 6. The molecule has 10 heteroatoms. The molecule has 0 unspecified atom stereocenters. The summed E-state index contributed by atoms with van der Waals surface area (Å²) in [6.07, 6.45) is 5.75. The molecule has 9 nitrogen and oxygen atoms in total. The predicted octanol–water partition coefficient (Wildman–Crippen LogP) is 2.11. The summed E-state index contributed by atoms with van der Waals surface area (Å²) in [5.74, 6) is 1.57. The Morgan fingerprint density at radius 2 is 2.18 bits per heavy atom. The minimum atomic E-state index is 0.00492. The van der Waals surface area contributed by atoms with Crippen LogP contribution >= 0.6 is 11.5 Å². The quantitative estimate of drug-likeness (QED) is 0.681. The fraction of sp³-hybridized carbons (Fsp3) is 0.444. The van der Waals surface area contributed by atoms with E-state index in [1.165, 1.54) is 35.4 Å². The van der Waals surface area contributed by atoms with Gasteiger partial charge in [0.1, 0.15) is 12.2 Å². The normalized spacial score (nSPS) is 21.2. The molecule has 5 rings (SSSR count). The Morgan fingerprint density at radius 1 is 1.32 bits per heavy atom. The van der Waals surface area contributed by atoms with Crippen molar-refractivity contribution >= 4 is 22.6 Å². The molecule has 2 saturated carbocycles. The second kappa shape index (κ2) is 6.93. The number of aromatic nitrogens is 6. The molecule has 3 aromatic rings. The van der Waals surface area contributed by atoms with E-state index in [0.717, 1.165) is 29.5 Å². The molecule has 1 amide bonds. The molecule has 1 N–H and O–H groups in total. The molecule has 2 fully saturated rings. The number of amides is 1. The molecule has 28 heavy (non-hydrogen) atoms. The van der Waals surface area contributed by atoms with Crippen LogP contribution in [-0.4, -0.2) is 59.5 Å². The second-order valence-electron chi connectivity index (χ2n) is 7.42. The number of hydrogen-bond donors (Lipinski definition) is 1. The van der Waals surface area contributed by atoms with E-state index in [2.05, 4.69) is 30.2 Å². The van der Waals surface area contributed by atoms with Gasteiger partial charge < -0.3 is 10.2 Å². The van der Waals surface area contributed by atoms with E-state index in [1.807, 2.05) is 36.2 Å². The summed E-state index contributed by atoms with van der Waals surface area (Å²) in [5, 5.41) is 15.5. The maximum Gasteiger partial charge on any atom is 0.253 e. The van der Waals surface area contributed by atoms with Crippen LogP contribution < -0.4 is 5.32 Å². The summed E-state index contributed by atoms with van der Waals surface area (Å²) in [4.78, 5) is 19.3. The summed E-state index contributed by atoms with van der Waals surface area (Å²) in [7, 11) is 1.86. The van der Waals surface area contributed by atoms with Gasteiger partial charge in [0, 0.05) is 42.1 Å². The Kier molecular flexibility index (Phi) is 4.27. The number of tetrazole rings is 1. The van der Waals surface area contributed by atoms with Crippen molar-refractivity contribution in [3.05, 3.63) is 42.0 Å². The summed E-state index contributed by atoms with van der Waals surface area (Å²) in [6, 6.07) is 7.90. The fourth-order valence-electron chi connectivity index (χ4n) is 3.43. The van der Waals surface area contributed by atoms with Crippen LogP contribution in [0, 0.1) is 0 Å². The minimum absolute atomic E-state index is 0.00492. The van der Waals surface area contributed by atoms with Gasteiger partial charge in [-0.15, -0.1) is 5.10 Å². The number of nitrogens with zero attached hydrogens (tertiary/aromatic N) is 7. The van der Waals surface area contributed by atoms with Crippen molar-refractivity contribution in [3.8, 4) is 5.69 Å². The van der Waals surface area contributed by atoms with Crippen molar-refractivity contribution in [2.75, 3.05) is 12.4 Å². The van der Waals surface area contributed by atoms with E-state index >= 15 is 0 Å². The molecule has 0 radical (unpaired) electrons. The molecule has 2 aliphatic rings. The van der Waals surface area contributed by atoms with Crippen molar-refractivity contribution in [2.24, 2.45) is 0 Å². The molecule has 0 spiro atoms. The van der Waals surface area contributed by atoms with Gasteiger partial charge in [-0.25, -0.2) is 9.67 Å². The molecule has 0 bridgehead atoms. The lowest BCUT2D eigenvalue weighted by Gasteiger charge is -2.41. The SMILES string of the molecule is CN(C(=O)c1cccc(-n2cnnn2)c1)C1CC(Nc2nc(C3CC3)ns2)C1. The zero-order valence-electron chi connectivity index (χ0n) is 15.4. The van der Waals surface area contributed by atoms with Gasteiger partial charge in [0.05, 0.1) is 5.69 Å². The molecular weight excluding hydrogens is 376 g/mol. The van der Waals surface area contributed by atoms with Gasteiger partial charge in [-0.05, 0) is 54.3 Å². The molecule has 144 valence electrons. The highest BCUT2D eigenvalue weighted by molar-refractivity contribution is 7.09. The van der Waals surface area contributed by atoms with Gasteiger partial charge >= 0.3 is 0 Å². The van der Waals surface area contributed by atoms with Crippen LogP contribution in [0.2, 0.25) is 0 Å². The van der Waals surface area contributed by atoms with Crippen LogP contribution in [0.1, 0.15) is 47.8 Å². The molecule has 2 heterocycles. The number of anilines is 1. The smallest absolute Gasteiger partial charge is 0.253 e. The minimum Gasteiger partial charge on any atom is -0.357 e. The first-order valence-electron chi connectivity index (χ1n) is 9.38. The van der Waals surface area contributed by atoms with Crippen molar-refractivity contribution < 1.29 is 4.79 Å². The predicted molar refractivity (Wildman–Crippen MR) is 104 cm³/mol. The standard InChI is InChI=1S/C18H20N8OS/c1-25(17(27)12-3-2-4-14(7-12)26-10-19-23-24-26)15-8-13(9-15)20-18-21-16(22-28-18)11-5-6-11/h2-4,7,10-11,13,15H,5-6,8-9H2,1H3,(H,20,21,22). The van der Waals surface area contributed by atoms with Crippen molar-refractivity contribution in [2.45, 2.75) is 43.7 Å². The zero-order chi connectivity index (χ0) is 19.1. The lowest BCUT2D eigenvalue weighted by molar-refractivity contribution is 0.0636. The van der Waals surface area contributed by atoms with Crippen molar-refractivity contribution in [1.82, 2.24) is 34.5 Å². The number of carbonyl (C=O) groups excluding carboxylic acids is 1. The topological polar surface area (TPSA) is 102 Å². The van der Waals surface area contributed by atoms with E-state index in [4.69, 9.17) is 0 Å². The monoisotopic (exact) mass is 396 g/mol. The molecule has 1 aromatic carbocycles. The van der Waals surface area contributed by atoms with Gasteiger partial charge in [-0.2, -0.15) is 4.37 Å². The van der Waals surface area contributed by atoms with E-state index in [-0.39, 0.29) is 11.9 Å². The van der Waals surface area contributed by atoms with E-state index in [1.54, 1.807) is 0 Å². The largest absolute Gasteiger partial charge is 0.357 e. The van der Waals surface area contributed by atoms with Crippen LogP contribution in [0.3, 0.4) is 0 Å². The van der Waals surface area contributed by atoms with Crippen LogP contribution in [-0.2, 0) is 0 Å². The van der Waals surface area contributed by atoms with Crippen LogP contribution in [0.15, 0.2) is 30.6 Å².